The van der Waals surface area contributed by atoms with Crippen molar-refractivity contribution in [3.8, 4) is 0 Å². The summed E-state index contributed by atoms with van der Waals surface area (Å²) in [5.41, 5.74) is 2.55. The zero-order chi connectivity index (χ0) is 20.3. The molecule has 3 rings (SSSR count). The van der Waals surface area contributed by atoms with Crippen LogP contribution in [0.25, 0.3) is 0 Å². The first-order chi connectivity index (χ1) is 13.3. The van der Waals surface area contributed by atoms with Crippen LogP contribution in [0.4, 0.5) is 11.4 Å². The molecular formula is C20H25N2O5P. The van der Waals surface area contributed by atoms with Crippen molar-refractivity contribution < 1.29 is 18.5 Å². The molecule has 1 saturated heterocycles. The van der Waals surface area contributed by atoms with E-state index in [9.17, 15) is 14.7 Å². The highest BCUT2D eigenvalue weighted by molar-refractivity contribution is 7.54. The van der Waals surface area contributed by atoms with E-state index in [-0.39, 0.29) is 11.8 Å². The Balaban J connectivity index is 1.94. The average Bonchev–Trinajstić information content (AvgIpc) is 2.66. The summed E-state index contributed by atoms with van der Waals surface area (Å²) in [6.07, 6.45) is 0.477. The van der Waals surface area contributed by atoms with Crippen molar-refractivity contribution in [2.75, 3.05) is 11.9 Å². The predicted octanol–water partition coefficient (Wildman–Crippen LogP) is 5.85. The lowest BCUT2D eigenvalue weighted by molar-refractivity contribution is -0.384. The van der Waals surface area contributed by atoms with Gasteiger partial charge in [0, 0.05) is 17.8 Å². The van der Waals surface area contributed by atoms with Gasteiger partial charge in [-0.1, -0.05) is 26.0 Å². The Morgan fingerprint density at radius 1 is 1.11 bits per heavy atom. The third kappa shape index (κ3) is 4.61. The van der Waals surface area contributed by atoms with Gasteiger partial charge < -0.3 is 14.4 Å². The summed E-state index contributed by atoms with van der Waals surface area (Å²) in [6, 6.07) is 13.8. The first-order valence-corrected chi connectivity index (χ1v) is 10.9. The van der Waals surface area contributed by atoms with Crippen molar-refractivity contribution in [3.63, 3.8) is 0 Å². The molecule has 150 valence electrons. The first kappa shape index (κ1) is 20.5. The Hall–Kier alpha value is -2.21. The molecule has 0 radical (unpaired) electrons. The van der Waals surface area contributed by atoms with E-state index >= 15 is 0 Å². The van der Waals surface area contributed by atoms with Gasteiger partial charge in [0.2, 0.25) is 0 Å². The fourth-order valence-corrected chi connectivity index (χ4v) is 5.20. The quantitative estimate of drug-likeness (QED) is 0.369. The van der Waals surface area contributed by atoms with Gasteiger partial charge in [-0.15, -0.1) is 0 Å². The molecule has 0 amide bonds. The smallest absolute Gasteiger partial charge is 0.357 e. The van der Waals surface area contributed by atoms with Crippen molar-refractivity contribution in [1.29, 1.82) is 0 Å². The molecule has 1 aliphatic rings. The number of nitrogens with zero attached hydrogens (tertiary/aromatic N) is 1. The van der Waals surface area contributed by atoms with Crippen LogP contribution in [0.1, 0.15) is 50.0 Å². The molecule has 3 atom stereocenters. The lowest BCUT2D eigenvalue weighted by Gasteiger charge is -2.34. The highest BCUT2D eigenvalue weighted by Crippen LogP contribution is 2.63. The minimum atomic E-state index is -3.52. The molecule has 1 aliphatic heterocycles. The summed E-state index contributed by atoms with van der Waals surface area (Å²) in [4.78, 5) is 10.5. The molecule has 0 saturated carbocycles. The van der Waals surface area contributed by atoms with Crippen LogP contribution in [0.3, 0.4) is 0 Å². The Morgan fingerprint density at radius 2 is 1.71 bits per heavy atom. The standard InChI is InChI=1S/C20H25N2O5P/c1-14(2)16-4-8-18(9-5-16)21-20(28(25)26-13-12-15(3)27-28)17-6-10-19(11-7-17)22(23)24/h4-11,14-15,20-21H,12-13H2,1-3H3/t15-,20-,28-/m0/s1. The second kappa shape index (κ2) is 8.43. The molecule has 1 heterocycles. The topological polar surface area (TPSA) is 90.7 Å². The van der Waals surface area contributed by atoms with Crippen LogP contribution in [-0.2, 0) is 13.6 Å². The minimum Gasteiger partial charge on any atom is -0.368 e. The monoisotopic (exact) mass is 404 g/mol. The van der Waals surface area contributed by atoms with Gasteiger partial charge in [0.05, 0.1) is 17.6 Å². The lowest BCUT2D eigenvalue weighted by atomic mass is 10.0. The van der Waals surface area contributed by atoms with E-state index < -0.39 is 18.3 Å². The number of benzene rings is 2. The van der Waals surface area contributed by atoms with Gasteiger partial charge in [0.1, 0.15) is 0 Å². The second-order valence-corrected chi connectivity index (χ2v) is 9.32. The largest absolute Gasteiger partial charge is 0.368 e. The van der Waals surface area contributed by atoms with Gasteiger partial charge in [-0.25, -0.2) is 0 Å². The molecule has 0 unspecified atom stereocenters. The van der Waals surface area contributed by atoms with Crippen LogP contribution < -0.4 is 5.32 Å². The molecule has 0 bridgehead atoms. The summed E-state index contributed by atoms with van der Waals surface area (Å²) >= 11 is 0. The van der Waals surface area contributed by atoms with Crippen LogP contribution in [0.5, 0.6) is 0 Å². The maximum atomic E-state index is 13.5. The highest BCUT2D eigenvalue weighted by Gasteiger charge is 2.41. The average molecular weight is 404 g/mol. The number of nitro benzene ring substituents is 1. The third-order valence-electron chi connectivity index (χ3n) is 4.74. The summed E-state index contributed by atoms with van der Waals surface area (Å²) in [5, 5.41) is 14.2. The van der Waals surface area contributed by atoms with E-state index in [1.807, 2.05) is 31.2 Å². The number of non-ortho nitro benzene ring substituents is 1. The van der Waals surface area contributed by atoms with Crippen LogP contribution in [0, 0.1) is 10.1 Å². The number of anilines is 1. The van der Waals surface area contributed by atoms with E-state index in [0.29, 0.717) is 24.5 Å². The van der Waals surface area contributed by atoms with Crippen LogP contribution in [0.15, 0.2) is 48.5 Å². The van der Waals surface area contributed by atoms with Crippen molar-refractivity contribution in [2.45, 2.75) is 45.0 Å². The van der Waals surface area contributed by atoms with Crippen LogP contribution in [-0.4, -0.2) is 17.6 Å². The van der Waals surface area contributed by atoms with E-state index in [1.165, 1.54) is 17.7 Å². The Bertz CT molecular complexity index is 867. The van der Waals surface area contributed by atoms with E-state index in [4.69, 9.17) is 9.05 Å². The molecule has 28 heavy (non-hydrogen) atoms. The number of rotatable bonds is 6. The zero-order valence-electron chi connectivity index (χ0n) is 16.2. The molecule has 7 nitrogen and oxygen atoms in total. The maximum Gasteiger partial charge on any atom is 0.357 e. The van der Waals surface area contributed by atoms with Gasteiger partial charge in [0.15, 0.2) is 5.78 Å². The number of hydrogen-bond donors (Lipinski definition) is 1. The molecule has 2 aromatic carbocycles. The first-order valence-electron chi connectivity index (χ1n) is 9.32. The molecule has 2 aromatic rings. The van der Waals surface area contributed by atoms with Crippen molar-refractivity contribution >= 4 is 19.0 Å². The number of nitrogens with one attached hydrogen (secondary N) is 1. The van der Waals surface area contributed by atoms with Gasteiger partial charge in [-0.3, -0.25) is 14.7 Å². The predicted molar refractivity (Wildman–Crippen MR) is 109 cm³/mol. The normalized spacial score (nSPS) is 23.4. The van der Waals surface area contributed by atoms with E-state index in [0.717, 1.165) is 5.69 Å². The van der Waals surface area contributed by atoms with Crippen molar-refractivity contribution in [1.82, 2.24) is 0 Å². The molecule has 0 spiro atoms. The van der Waals surface area contributed by atoms with Gasteiger partial charge >= 0.3 is 7.60 Å². The van der Waals surface area contributed by atoms with Crippen molar-refractivity contribution in [2.24, 2.45) is 0 Å². The second-order valence-electron chi connectivity index (χ2n) is 7.25. The van der Waals surface area contributed by atoms with Crippen LogP contribution >= 0.6 is 7.60 Å². The summed E-state index contributed by atoms with van der Waals surface area (Å²) in [6.45, 7) is 6.44. The minimum absolute atomic E-state index is 0.0269. The highest BCUT2D eigenvalue weighted by atomic mass is 31.2. The third-order valence-corrected chi connectivity index (χ3v) is 6.99. The Labute approximate surface area is 164 Å². The Morgan fingerprint density at radius 3 is 2.25 bits per heavy atom. The van der Waals surface area contributed by atoms with Gasteiger partial charge in [-0.2, -0.15) is 0 Å². The zero-order valence-corrected chi connectivity index (χ0v) is 17.1. The lowest BCUT2D eigenvalue weighted by Crippen LogP contribution is -2.23. The Kier molecular flexibility index (Phi) is 6.18. The summed E-state index contributed by atoms with van der Waals surface area (Å²) in [7, 11) is -3.52. The number of hydrogen-bond acceptors (Lipinski definition) is 6. The summed E-state index contributed by atoms with van der Waals surface area (Å²) in [5.74, 6) is -0.357. The van der Waals surface area contributed by atoms with Gasteiger partial charge in [-0.05, 0) is 54.7 Å². The van der Waals surface area contributed by atoms with Crippen molar-refractivity contribution in [3.05, 3.63) is 69.8 Å². The number of nitro groups is 1. The van der Waals surface area contributed by atoms with Crippen LogP contribution in [0.2, 0.25) is 0 Å². The summed E-state index contributed by atoms with van der Waals surface area (Å²) < 4.78 is 24.8. The molecule has 0 aliphatic carbocycles. The SMILES string of the molecule is CC(C)c1ccc(N[C@H](c2ccc([N+](=O)[O-])cc2)[P@]2(=O)OCC[C@H](C)O2)cc1. The fourth-order valence-electron chi connectivity index (χ4n) is 3.06. The molecule has 1 fully saturated rings. The molecule has 0 aromatic heterocycles. The maximum absolute atomic E-state index is 13.5. The molecule has 1 N–H and O–H groups in total. The van der Waals surface area contributed by atoms with E-state index in [2.05, 4.69) is 19.2 Å². The van der Waals surface area contributed by atoms with E-state index in [1.54, 1.807) is 12.1 Å². The van der Waals surface area contributed by atoms with Gasteiger partial charge in [0.25, 0.3) is 5.69 Å². The molecule has 8 heteroatoms. The fraction of sp³-hybridized carbons (Fsp3) is 0.400. The molecular weight excluding hydrogens is 379 g/mol.